The van der Waals surface area contributed by atoms with Gasteiger partial charge in [-0.15, -0.1) is 11.3 Å². The van der Waals surface area contributed by atoms with Crippen molar-refractivity contribution in [2.45, 2.75) is 45.6 Å². The molecule has 5 heteroatoms. The number of benzene rings is 1. The summed E-state index contributed by atoms with van der Waals surface area (Å²) >= 11 is 1.42. The van der Waals surface area contributed by atoms with Crippen LogP contribution in [0.2, 0.25) is 0 Å². The Balaban J connectivity index is 1.80. The van der Waals surface area contributed by atoms with E-state index in [1.807, 2.05) is 36.6 Å². The first kappa shape index (κ1) is 17.7. The Morgan fingerprint density at radius 2 is 2.04 bits per heavy atom. The Morgan fingerprint density at radius 3 is 2.72 bits per heavy atom. The molecule has 4 nitrogen and oxygen atoms in total. The van der Waals surface area contributed by atoms with Crippen molar-refractivity contribution in [3.8, 4) is 0 Å². The fraction of sp³-hybridized carbons (Fsp3) is 0.400. The van der Waals surface area contributed by atoms with Crippen LogP contribution in [0.4, 0.5) is 5.69 Å². The molecule has 3 rings (SSSR count). The van der Waals surface area contributed by atoms with E-state index in [-0.39, 0.29) is 11.8 Å². The van der Waals surface area contributed by atoms with Gasteiger partial charge >= 0.3 is 0 Å². The molecule has 0 radical (unpaired) electrons. The molecular formula is C20H24N2O2S. The third-order valence-electron chi connectivity index (χ3n) is 4.72. The molecule has 25 heavy (non-hydrogen) atoms. The molecule has 2 amide bonds. The SMILES string of the molecule is Cc1cccc(C(C)C)c1NC(=O)[C@@H]1CCCN1C(=O)c1cccs1. The molecule has 1 aromatic heterocycles. The molecule has 0 aliphatic carbocycles. The Morgan fingerprint density at radius 1 is 1.24 bits per heavy atom. The van der Waals surface area contributed by atoms with Gasteiger partial charge in [0, 0.05) is 12.2 Å². The first-order chi connectivity index (χ1) is 12.0. The number of amides is 2. The summed E-state index contributed by atoms with van der Waals surface area (Å²) in [4.78, 5) is 28.0. The summed E-state index contributed by atoms with van der Waals surface area (Å²) in [5.41, 5.74) is 3.06. The minimum absolute atomic E-state index is 0.0403. The van der Waals surface area contributed by atoms with Gasteiger partial charge in [-0.25, -0.2) is 0 Å². The number of carbonyl (C=O) groups excluding carboxylic acids is 2. The van der Waals surface area contributed by atoms with E-state index in [0.717, 1.165) is 23.2 Å². The fourth-order valence-electron chi connectivity index (χ4n) is 3.37. The van der Waals surface area contributed by atoms with Crippen LogP contribution in [0.3, 0.4) is 0 Å². The van der Waals surface area contributed by atoms with Crippen molar-refractivity contribution in [1.29, 1.82) is 0 Å². The van der Waals surface area contributed by atoms with E-state index in [1.54, 1.807) is 4.90 Å². The van der Waals surface area contributed by atoms with Crippen LogP contribution < -0.4 is 5.32 Å². The third-order valence-corrected chi connectivity index (χ3v) is 5.58. The van der Waals surface area contributed by atoms with E-state index in [1.165, 1.54) is 11.3 Å². The van der Waals surface area contributed by atoms with E-state index in [0.29, 0.717) is 23.8 Å². The minimum Gasteiger partial charge on any atom is -0.326 e. The highest BCUT2D eigenvalue weighted by Crippen LogP contribution is 2.29. The normalized spacial score (nSPS) is 17.1. The molecule has 1 fully saturated rings. The van der Waals surface area contributed by atoms with E-state index in [4.69, 9.17) is 0 Å². The number of para-hydroxylation sites is 1. The van der Waals surface area contributed by atoms with Crippen molar-refractivity contribution in [2.75, 3.05) is 11.9 Å². The predicted molar refractivity (Wildman–Crippen MR) is 102 cm³/mol. The van der Waals surface area contributed by atoms with Crippen LogP contribution in [0, 0.1) is 6.92 Å². The van der Waals surface area contributed by atoms with Crippen LogP contribution in [0.15, 0.2) is 35.7 Å². The molecule has 0 bridgehead atoms. The van der Waals surface area contributed by atoms with Crippen LogP contribution in [0.25, 0.3) is 0 Å². The molecular weight excluding hydrogens is 332 g/mol. The molecule has 0 spiro atoms. The second kappa shape index (κ2) is 7.40. The average Bonchev–Trinajstić information content (AvgIpc) is 3.27. The molecule has 0 unspecified atom stereocenters. The van der Waals surface area contributed by atoms with Gasteiger partial charge in [0.15, 0.2) is 0 Å². The van der Waals surface area contributed by atoms with Crippen LogP contribution in [-0.2, 0) is 4.79 Å². The summed E-state index contributed by atoms with van der Waals surface area (Å²) in [5.74, 6) is 0.197. The topological polar surface area (TPSA) is 49.4 Å². The summed E-state index contributed by atoms with van der Waals surface area (Å²) in [6.45, 7) is 6.88. The van der Waals surface area contributed by atoms with Gasteiger partial charge in [0.05, 0.1) is 4.88 Å². The van der Waals surface area contributed by atoms with Gasteiger partial charge in [-0.2, -0.15) is 0 Å². The number of nitrogens with one attached hydrogen (secondary N) is 1. The first-order valence-electron chi connectivity index (χ1n) is 8.74. The molecule has 1 atom stereocenters. The zero-order valence-electron chi connectivity index (χ0n) is 14.9. The highest BCUT2D eigenvalue weighted by molar-refractivity contribution is 7.12. The zero-order valence-corrected chi connectivity index (χ0v) is 15.7. The molecule has 1 aliphatic rings. The fourth-order valence-corrected chi connectivity index (χ4v) is 4.05. The number of rotatable bonds is 4. The van der Waals surface area contributed by atoms with Crippen LogP contribution in [-0.4, -0.2) is 29.3 Å². The summed E-state index contributed by atoms with van der Waals surface area (Å²) in [6.07, 6.45) is 1.58. The Labute approximate surface area is 152 Å². The van der Waals surface area contributed by atoms with Crippen molar-refractivity contribution in [1.82, 2.24) is 4.90 Å². The molecule has 2 heterocycles. The number of hydrogen-bond donors (Lipinski definition) is 1. The van der Waals surface area contributed by atoms with Crippen LogP contribution >= 0.6 is 11.3 Å². The lowest BCUT2D eigenvalue weighted by atomic mass is 9.98. The average molecular weight is 356 g/mol. The highest BCUT2D eigenvalue weighted by atomic mass is 32.1. The number of aryl methyl sites for hydroxylation is 1. The molecule has 1 aromatic carbocycles. The monoisotopic (exact) mass is 356 g/mol. The zero-order chi connectivity index (χ0) is 18.0. The molecule has 0 saturated carbocycles. The van der Waals surface area contributed by atoms with Gasteiger partial charge < -0.3 is 10.2 Å². The van der Waals surface area contributed by atoms with Gasteiger partial charge in [0.1, 0.15) is 6.04 Å². The van der Waals surface area contributed by atoms with Gasteiger partial charge in [0.25, 0.3) is 5.91 Å². The van der Waals surface area contributed by atoms with Crippen molar-refractivity contribution < 1.29 is 9.59 Å². The predicted octanol–water partition coefficient (Wildman–Crippen LogP) is 4.42. The summed E-state index contributed by atoms with van der Waals surface area (Å²) in [5, 5.41) is 4.99. The molecule has 132 valence electrons. The number of thiophene rings is 1. The maximum atomic E-state index is 12.9. The van der Waals surface area contributed by atoms with Gasteiger partial charge in [0.2, 0.25) is 5.91 Å². The summed E-state index contributed by atoms with van der Waals surface area (Å²) in [7, 11) is 0. The van der Waals surface area contributed by atoms with Crippen LogP contribution in [0.5, 0.6) is 0 Å². The Hall–Kier alpha value is -2.14. The maximum Gasteiger partial charge on any atom is 0.264 e. The van der Waals surface area contributed by atoms with Gasteiger partial charge in [-0.1, -0.05) is 38.1 Å². The Bertz CT molecular complexity index is 768. The lowest BCUT2D eigenvalue weighted by molar-refractivity contribution is -0.119. The smallest absolute Gasteiger partial charge is 0.264 e. The van der Waals surface area contributed by atoms with Gasteiger partial charge in [-0.05, 0) is 48.3 Å². The quantitative estimate of drug-likeness (QED) is 0.881. The van der Waals surface area contributed by atoms with Crippen LogP contribution in [0.1, 0.15) is 53.4 Å². The summed E-state index contributed by atoms with van der Waals surface area (Å²) in [6, 6.07) is 9.36. The largest absolute Gasteiger partial charge is 0.326 e. The van der Waals surface area contributed by atoms with E-state index in [2.05, 4.69) is 25.2 Å². The van der Waals surface area contributed by atoms with E-state index < -0.39 is 6.04 Å². The van der Waals surface area contributed by atoms with Gasteiger partial charge in [-0.3, -0.25) is 9.59 Å². The lowest BCUT2D eigenvalue weighted by Crippen LogP contribution is -2.43. The maximum absolute atomic E-state index is 12.9. The van der Waals surface area contributed by atoms with Crippen molar-refractivity contribution in [3.63, 3.8) is 0 Å². The standard InChI is InChI=1S/C20H24N2O2S/c1-13(2)15-8-4-7-14(3)18(15)21-19(23)16-9-5-11-22(16)20(24)17-10-6-12-25-17/h4,6-8,10,12-13,16H,5,9,11H2,1-3H3,(H,21,23)/t16-/m0/s1. The number of anilines is 1. The summed E-state index contributed by atoms with van der Waals surface area (Å²) < 4.78 is 0. The second-order valence-electron chi connectivity index (χ2n) is 6.82. The first-order valence-corrected chi connectivity index (χ1v) is 9.62. The van der Waals surface area contributed by atoms with Crippen molar-refractivity contribution in [2.24, 2.45) is 0 Å². The van der Waals surface area contributed by atoms with E-state index in [9.17, 15) is 9.59 Å². The third kappa shape index (κ3) is 3.61. The Kier molecular flexibility index (Phi) is 5.23. The highest BCUT2D eigenvalue weighted by Gasteiger charge is 2.35. The van der Waals surface area contributed by atoms with Crippen molar-refractivity contribution >= 4 is 28.8 Å². The number of carbonyl (C=O) groups is 2. The lowest BCUT2D eigenvalue weighted by Gasteiger charge is -2.25. The number of nitrogens with zero attached hydrogens (tertiary/aromatic N) is 1. The number of likely N-dealkylation sites (tertiary alicyclic amines) is 1. The second-order valence-corrected chi connectivity index (χ2v) is 7.76. The van der Waals surface area contributed by atoms with Crippen molar-refractivity contribution in [3.05, 3.63) is 51.7 Å². The molecule has 1 saturated heterocycles. The number of hydrogen-bond acceptors (Lipinski definition) is 3. The van der Waals surface area contributed by atoms with E-state index >= 15 is 0 Å². The molecule has 1 aliphatic heterocycles. The minimum atomic E-state index is -0.394. The molecule has 1 N–H and O–H groups in total. The molecule has 2 aromatic rings.